The number of imide groups is 2. The third-order valence-corrected chi connectivity index (χ3v) is 4.08. The lowest BCUT2D eigenvalue weighted by molar-refractivity contribution is -0.154. The summed E-state index contributed by atoms with van der Waals surface area (Å²) in [5, 5.41) is 4.79. The van der Waals surface area contributed by atoms with Crippen molar-refractivity contribution < 1.29 is 19.2 Å². The summed E-state index contributed by atoms with van der Waals surface area (Å²) < 4.78 is 0. The Morgan fingerprint density at radius 2 is 1.95 bits per heavy atom. The molecule has 2 aliphatic rings. The molecule has 1 aliphatic carbocycles. The molecule has 2 fully saturated rings. The first-order chi connectivity index (χ1) is 9.44. The number of likely N-dealkylation sites (N-methyl/N-ethyl adjacent to an activating group) is 1. The molecule has 7 heteroatoms. The maximum absolute atomic E-state index is 12.6. The lowest BCUT2D eigenvalue weighted by atomic mass is 9.81. The number of urea groups is 1. The van der Waals surface area contributed by atoms with Gasteiger partial charge in [0.25, 0.3) is 0 Å². The molecule has 2 rings (SSSR count). The second-order valence-electron chi connectivity index (χ2n) is 5.29. The van der Waals surface area contributed by atoms with Crippen molar-refractivity contribution in [2.24, 2.45) is 5.41 Å². The molecular formula is C13H19N3O4. The molecule has 1 unspecified atom stereocenters. The van der Waals surface area contributed by atoms with Crippen molar-refractivity contribution in [1.29, 1.82) is 0 Å². The largest absolute Gasteiger partial charge is 0.355 e. The fourth-order valence-corrected chi connectivity index (χ4v) is 2.91. The van der Waals surface area contributed by atoms with Crippen LogP contribution in [0, 0.1) is 5.41 Å². The molecule has 5 amide bonds. The molecular weight excluding hydrogens is 262 g/mol. The average Bonchev–Trinajstić information content (AvgIpc) is 2.87. The van der Waals surface area contributed by atoms with Gasteiger partial charge < -0.3 is 5.32 Å². The van der Waals surface area contributed by atoms with Crippen molar-refractivity contribution in [3.63, 3.8) is 0 Å². The molecule has 1 saturated heterocycles. The zero-order valence-electron chi connectivity index (χ0n) is 11.7. The van der Waals surface area contributed by atoms with Gasteiger partial charge in [0, 0.05) is 6.54 Å². The highest BCUT2D eigenvalue weighted by Crippen LogP contribution is 2.42. The van der Waals surface area contributed by atoms with Crippen molar-refractivity contribution in [3.05, 3.63) is 0 Å². The van der Waals surface area contributed by atoms with Crippen molar-refractivity contribution >= 4 is 23.8 Å². The summed E-state index contributed by atoms with van der Waals surface area (Å²) in [5.41, 5.74) is -1.16. The van der Waals surface area contributed by atoms with E-state index >= 15 is 0 Å². The molecule has 1 spiro atoms. The number of carbonyl (C=O) groups excluding carboxylic acids is 4. The van der Waals surface area contributed by atoms with E-state index in [1.165, 1.54) is 6.92 Å². The zero-order chi connectivity index (χ0) is 14.9. The van der Waals surface area contributed by atoms with Gasteiger partial charge in [0.15, 0.2) is 0 Å². The molecule has 20 heavy (non-hydrogen) atoms. The normalized spacial score (nSPS) is 22.9. The molecule has 0 aromatic heterocycles. The van der Waals surface area contributed by atoms with Crippen LogP contribution in [-0.4, -0.2) is 41.2 Å². The third kappa shape index (κ3) is 2.07. The lowest BCUT2D eigenvalue weighted by Crippen LogP contribution is -2.66. The van der Waals surface area contributed by atoms with Gasteiger partial charge in [-0.05, 0) is 26.7 Å². The number of barbiturate groups is 1. The first-order valence-electron chi connectivity index (χ1n) is 6.91. The number of carbonyl (C=O) groups is 4. The molecule has 110 valence electrons. The lowest BCUT2D eigenvalue weighted by Gasteiger charge is -2.38. The van der Waals surface area contributed by atoms with Crippen molar-refractivity contribution in [3.8, 4) is 0 Å². The van der Waals surface area contributed by atoms with Gasteiger partial charge in [-0.15, -0.1) is 0 Å². The Labute approximate surface area is 117 Å². The second kappa shape index (κ2) is 5.22. The van der Waals surface area contributed by atoms with Gasteiger partial charge >= 0.3 is 6.03 Å². The summed E-state index contributed by atoms with van der Waals surface area (Å²) in [7, 11) is 0. The third-order valence-electron chi connectivity index (χ3n) is 4.08. The first kappa shape index (κ1) is 14.5. The van der Waals surface area contributed by atoms with Gasteiger partial charge in [0.05, 0.1) is 0 Å². The van der Waals surface area contributed by atoms with E-state index in [2.05, 4.69) is 10.6 Å². The van der Waals surface area contributed by atoms with Gasteiger partial charge in [-0.1, -0.05) is 12.8 Å². The van der Waals surface area contributed by atoms with Crippen LogP contribution in [0.3, 0.4) is 0 Å². The molecule has 0 aromatic carbocycles. The van der Waals surface area contributed by atoms with Crippen LogP contribution < -0.4 is 10.6 Å². The minimum Gasteiger partial charge on any atom is -0.355 e. The van der Waals surface area contributed by atoms with Gasteiger partial charge in [0.2, 0.25) is 17.7 Å². The van der Waals surface area contributed by atoms with E-state index in [1.54, 1.807) is 6.92 Å². The topological polar surface area (TPSA) is 95.6 Å². The molecule has 2 N–H and O–H groups in total. The Kier molecular flexibility index (Phi) is 3.78. The number of rotatable bonds is 3. The number of hydrogen-bond acceptors (Lipinski definition) is 4. The highest BCUT2D eigenvalue weighted by molar-refractivity contribution is 6.20. The van der Waals surface area contributed by atoms with E-state index in [9.17, 15) is 19.2 Å². The minimum absolute atomic E-state index is 0.404. The Bertz CT molecular complexity index is 468. The van der Waals surface area contributed by atoms with Crippen LogP contribution in [0.5, 0.6) is 0 Å². The van der Waals surface area contributed by atoms with E-state index in [4.69, 9.17) is 0 Å². The molecule has 0 aromatic rings. The first-order valence-corrected chi connectivity index (χ1v) is 6.91. The van der Waals surface area contributed by atoms with E-state index < -0.39 is 35.2 Å². The van der Waals surface area contributed by atoms with E-state index in [-0.39, 0.29) is 0 Å². The Hall–Kier alpha value is -1.92. The summed E-state index contributed by atoms with van der Waals surface area (Å²) in [4.78, 5) is 49.2. The number of nitrogens with zero attached hydrogens (tertiary/aromatic N) is 1. The van der Waals surface area contributed by atoms with Crippen LogP contribution in [0.15, 0.2) is 0 Å². The van der Waals surface area contributed by atoms with Crippen molar-refractivity contribution in [1.82, 2.24) is 15.5 Å². The number of amides is 5. The standard InChI is InChI=1S/C13H19N3O4/c1-3-14-9(17)8(2)16-11(19)13(6-4-5-7-13)10(18)15-12(16)20/h8H,3-7H2,1-2H3,(H,14,17)(H,15,18,20). The van der Waals surface area contributed by atoms with E-state index in [0.717, 1.165) is 17.7 Å². The smallest absolute Gasteiger partial charge is 0.331 e. The van der Waals surface area contributed by atoms with Gasteiger partial charge in [-0.3, -0.25) is 24.6 Å². The minimum atomic E-state index is -1.16. The number of hydrogen-bond donors (Lipinski definition) is 2. The van der Waals surface area contributed by atoms with Gasteiger partial charge in [-0.2, -0.15) is 0 Å². The molecule has 1 atom stereocenters. The van der Waals surface area contributed by atoms with Crippen LogP contribution in [0.1, 0.15) is 39.5 Å². The SMILES string of the molecule is CCNC(=O)C(C)N1C(=O)NC(=O)C2(CCCC2)C1=O. The second-order valence-corrected chi connectivity index (χ2v) is 5.29. The molecule has 0 radical (unpaired) electrons. The van der Waals surface area contributed by atoms with E-state index in [1.807, 2.05) is 0 Å². The van der Waals surface area contributed by atoms with Crippen LogP contribution >= 0.6 is 0 Å². The van der Waals surface area contributed by atoms with Crippen LogP contribution in [0.25, 0.3) is 0 Å². The molecule has 1 aliphatic heterocycles. The summed E-state index contributed by atoms with van der Waals surface area (Å²) >= 11 is 0. The van der Waals surface area contributed by atoms with Crippen LogP contribution in [0.2, 0.25) is 0 Å². The highest BCUT2D eigenvalue weighted by atomic mass is 16.2. The predicted octanol–water partition coefficient (Wildman–Crippen LogP) is 0.150. The maximum atomic E-state index is 12.6. The Balaban J connectivity index is 2.28. The summed E-state index contributed by atoms with van der Waals surface area (Å²) in [5.74, 6) is -1.47. The van der Waals surface area contributed by atoms with Crippen LogP contribution in [-0.2, 0) is 14.4 Å². The Morgan fingerprint density at radius 1 is 1.35 bits per heavy atom. The summed E-state index contributed by atoms with van der Waals surface area (Å²) in [6.07, 6.45) is 2.42. The fraction of sp³-hybridized carbons (Fsp3) is 0.692. The molecule has 1 heterocycles. The van der Waals surface area contributed by atoms with E-state index in [0.29, 0.717) is 19.4 Å². The number of nitrogens with one attached hydrogen (secondary N) is 2. The monoisotopic (exact) mass is 281 g/mol. The highest BCUT2D eigenvalue weighted by Gasteiger charge is 2.56. The van der Waals surface area contributed by atoms with Gasteiger partial charge in [0.1, 0.15) is 11.5 Å². The maximum Gasteiger partial charge on any atom is 0.331 e. The van der Waals surface area contributed by atoms with Gasteiger partial charge in [-0.25, -0.2) is 4.79 Å². The summed E-state index contributed by atoms with van der Waals surface area (Å²) in [6, 6.07) is -1.73. The molecule has 0 bridgehead atoms. The molecule has 7 nitrogen and oxygen atoms in total. The quantitative estimate of drug-likeness (QED) is 0.720. The van der Waals surface area contributed by atoms with Crippen LogP contribution in [0.4, 0.5) is 4.79 Å². The molecule has 1 saturated carbocycles. The summed E-state index contributed by atoms with van der Waals surface area (Å²) in [6.45, 7) is 3.66. The average molecular weight is 281 g/mol. The zero-order valence-corrected chi connectivity index (χ0v) is 11.7. The predicted molar refractivity (Wildman–Crippen MR) is 69.4 cm³/mol. The fourth-order valence-electron chi connectivity index (χ4n) is 2.91. The Morgan fingerprint density at radius 3 is 2.50 bits per heavy atom. The van der Waals surface area contributed by atoms with Crippen molar-refractivity contribution in [2.75, 3.05) is 6.54 Å². The van der Waals surface area contributed by atoms with Crippen molar-refractivity contribution in [2.45, 2.75) is 45.6 Å².